The molecule has 0 aliphatic heterocycles. The van der Waals surface area contributed by atoms with Gasteiger partial charge in [0.15, 0.2) is 0 Å². The van der Waals surface area contributed by atoms with E-state index in [0.717, 1.165) is 0 Å². The van der Waals surface area contributed by atoms with Gasteiger partial charge in [0, 0.05) is 5.69 Å². The lowest BCUT2D eigenvalue weighted by atomic mass is 10.3. The number of nitrogens with one attached hydrogen (secondary N) is 2. The van der Waals surface area contributed by atoms with Crippen LogP contribution >= 0.6 is 7.75 Å². The van der Waals surface area contributed by atoms with Crippen LogP contribution in [0.4, 0.5) is 5.69 Å². The monoisotopic (exact) mass is 218 g/mol. The quantitative estimate of drug-likeness (QED) is 0.439. The molecule has 14 heavy (non-hydrogen) atoms. The smallest absolute Gasteiger partial charge is 0.417 e. The van der Waals surface area contributed by atoms with Crippen molar-refractivity contribution >= 4 is 13.4 Å². The van der Waals surface area contributed by atoms with Gasteiger partial charge in [-0.05, 0) is 24.3 Å². The summed E-state index contributed by atoms with van der Waals surface area (Å²) in [5.74, 6) is 0.673. The third-order valence-electron chi connectivity index (χ3n) is 1.44. The van der Waals surface area contributed by atoms with E-state index in [4.69, 9.17) is 14.5 Å². The van der Waals surface area contributed by atoms with E-state index in [9.17, 15) is 4.57 Å². The lowest BCUT2D eigenvalue weighted by Crippen LogP contribution is -2.17. The van der Waals surface area contributed by atoms with Gasteiger partial charge in [-0.2, -0.15) is 0 Å². The summed E-state index contributed by atoms with van der Waals surface area (Å²) in [7, 11) is -2.70. The zero-order valence-electron chi connectivity index (χ0n) is 7.47. The van der Waals surface area contributed by atoms with Crippen molar-refractivity contribution in [1.82, 2.24) is 5.20 Å². The number of rotatable bonds is 4. The molecule has 4 N–H and O–H groups in total. The number of methoxy groups -OCH3 is 1. The molecule has 0 fully saturated rings. The summed E-state index contributed by atoms with van der Waals surface area (Å²) in [4.78, 5) is 17.0. The number of hydrazine groups is 1. The van der Waals surface area contributed by atoms with Gasteiger partial charge in [0.25, 0.3) is 0 Å². The molecule has 0 radical (unpaired) electrons. The van der Waals surface area contributed by atoms with E-state index in [0.29, 0.717) is 11.4 Å². The predicted octanol–water partition coefficient (Wildman–Crippen LogP) is 0.704. The van der Waals surface area contributed by atoms with Gasteiger partial charge < -0.3 is 19.9 Å². The summed E-state index contributed by atoms with van der Waals surface area (Å²) in [5, 5.41) is 1.85. The molecule has 0 aliphatic carbocycles. The zero-order chi connectivity index (χ0) is 10.6. The van der Waals surface area contributed by atoms with Crippen LogP contribution in [0.25, 0.3) is 0 Å². The average Bonchev–Trinajstić information content (AvgIpc) is 2.14. The fourth-order valence-corrected chi connectivity index (χ4v) is 1.09. The molecule has 0 heterocycles. The summed E-state index contributed by atoms with van der Waals surface area (Å²) < 4.78 is 15.3. The summed E-state index contributed by atoms with van der Waals surface area (Å²) in [6, 6.07) is 6.59. The Balaban J connectivity index is 2.56. The van der Waals surface area contributed by atoms with Crippen LogP contribution in [0.1, 0.15) is 0 Å². The lowest BCUT2D eigenvalue weighted by molar-refractivity contribution is 0.362. The molecule has 0 saturated heterocycles. The molecule has 1 rings (SSSR count). The van der Waals surface area contributed by atoms with Crippen molar-refractivity contribution in [3.8, 4) is 5.75 Å². The van der Waals surface area contributed by atoms with Gasteiger partial charge in [-0.25, -0.2) is 4.57 Å². The van der Waals surface area contributed by atoms with Gasteiger partial charge in [0.05, 0.1) is 7.11 Å². The van der Waals surface area contributed by atoms with Crippen LogP contribution in [-0.4, -0.2) is 16.9 Å². The second kappa shape index (κ2) is 4.43. The molecule has 1 aromatic carbocycles. The molecule has 0 atom stereocenters. The van der Waals surface area contributed by atoms with E-state index in [1.165, 1.54) is 7.11 Å². The summed E-state index contributed by atoms with van der Waals surface area (Å²) in [5.41, 5.74) is 2.90. The lowest BCUT2D eigenvalue weighted by Gasteiger charge is -2.09. The molecule has 0 saturated carbocycles. The summed E-state index contributed by atoms with van der Waals surface area (Å²) in [6.45, 7) is 0. The predicted molar refractivity (Wildman–Crippen MR) is 51.8 cm³/mol. The first-order valence-electron chi connectivity index (χ1n) is 3.74. The van der Waals surface area contributed by atoms with Crippen molar-refractivity contribution in [1.29, 1.82) is 0 Å². The first kappa shape index (κ1) is 11.0. The van der Waals surface area contributed by atoms with Crippen molar-refractivity contribution in [2.75, 3.05) is 12.5 Å². The number of hydrogen-bond acceptors (Lipinski definition) is 3. The highest BCUT2D eigenvalue weighted by Crippen LogP contribution is 2.28. The molecule has 7 heteroatoms. The maximum absolute atomic E-state index is 10.4. The van der Waals surface area contributed by atoms with Crippen molar-refractivity contribution in [2.45, 2.75) is 0 Å². The molecule has 0 amide bonds. The minimum absolute atomic E-state index is 0.536. The van der Waals surface area contributed by atoms with Gasteiger partial charge in [0.1, 0.15) is 5.75 Å². The van der Waals surface area contributed by atoms with Crippen LogP contribution in [0.5, 0.6) is 5.75 Å². The molecular formula is C7H11N2O4P. The van der Waals surface area contributed by atoms with Crippen molar-refractivity contribution in [3.63, 3.8) is 0 Å². The molecular weight excluding hydrogens is 207 g/mol. The van der Waals surface area contributed by atoms with E-state index < -0.39 is 7.75 Å². The Kier molecular flexibility index (Phi) is 3.49. The van der Waals surface area contributed by atoms with Crippen molar-refractivity contribution in [2.24, 2.45) is 0 Å². The normalized spacial score (nSPS) is 11.1. The molecule has 0 aliphatic rings. The Hall–Kier alpha value is -1.07. The molecule has 0 unspecified atom stereocenters. The highest BCUT2D eigenvalue weighted by molar-refractivity contribution is 7.49. The van der Waals surface area contributed by atoms with Crippen LogP contribution in [0.15, 0.2) is 24.3 Å². The Morgan fingerprint density at radius 2 is 1.86 bits per heavy atom. The second-order valence-electron chi connectivity index (χ2n) is 2.51. The molecule has 6 nitrogen and oxygen atoms in total. The van der Waals surface area contributed by atoms with Crippen LogP contribution in [0.3, 0.4) is 0 Å². The highest BCUT2D eigenvalue weighted by Gasteiger charge is 2.10. The SMILES string of the molecule is COc1ccc(NNP(=O)(O)O)cc1. The minimum atomic E-state index is -4.24. The van der Waals surface area contributed by atoms with E-state index in [1.807, 2.05) is 5.20 Å². The van der Waals surface area contributed by atoms with Crippen molar-refractivity contribution < 1.29 is 19.1 Å². The molecule has 78 valence electrons. The van der Waals surface area contributed by atoms with Crippen LogP contribution in [-0.2, 0) is 4.57 Å². The molecule has 0 spiro atoms. The van der Waals surface area contributed by atoms with Gasteiger partial charge in [-0.3, -0.25) is 0 Å². The Labute approximate surface area is 81.1 Å². The minimum Gasteiger partial charge on any atom is -0.497 e. The number of anilines is 1. The molecule has 1 aromatic rings. The highest BCUT2D eigenvalue weighted by atomic mass is 31.2. The first-order valence-corrected chi connectivity index (χ1v) is 5.35. The fourth-order valence-electron chi connectivity index (χ4n) is 0.812. The number of hydrogen-bond donors (Lipinski definition) is 4. The maximum Gasteiger partial charge on any atom is 0.417 e. The van der Waals surface area contributed by atoms with E-state index >= 15 is 0 Å². The summed E-state index contributed by atoms with van der Waals surface area (Å²) >= 11 is 0. The van der Waals surface area contributed by atoms with Gasteiger partial charge in [-0.1, -0.05) is 0 Å². The van der Waals surface area contributed by atoms with Gasteiger partial charge >= 0.3 is 7.75 Å². The molecule has 0 bridgehead atoms. The Bertz CT molecular complexity index is 334. The average molecular weight is 218 g/mol. The zero-order valence-corrected chi connectivity index (χ0v) is 8.36. The van der Waals surface area contributed by atoms with E-state index in [1.54, 1.807) is 24.3 Å². The standard InChI is InChI=1S/C7H11N2O4P/c1-13-7-4-2-6(3-5-7)8-9-14(10,11)12/h2-5,8H,1H3,(H3,9,10,11,12). The Morgan fingerprint density at radius 1 is 1.29 bits per heavy atom. The van der Waals surface area contributed by atoms with E-state index in [2.05, 4.69) is 5.43 Å². The number of benzene rings is 1. The van der Waals surface area contributed by atoms with Crippen LogP contribution < -0.4 is 15.4 Å². The third kappa shape index (κ3) is 3.76. The third-order valence-corrected chi connectivity index (χ3v) is 1.84. The van der Waals surface area contributed by atoms with Crippen LogP contribution in [0, 0.1) is 0 Å². The Morgan fingerprint density at radius 3 is 2.29 bits per heavy atom. The maximum atomic E-state index is 10.4. The number of ether oxygens (including phenoxy) is 1. The first-order chi connectivity index (χ1) is 6.51. The van der Waals surface area contributed by atoms with Crippen molar-refractivity contribution in [3.05, 3.63) is 24.3 Å². The molecule has 0 aromatic heterocycles. The largest absolute Gasteiger partial charge is 0.497 e. The van der Waals surface area contributed by atoms with E-state index in [-0.39, 0.29) is 0 Å². The van der Waals surface area contributed by atoms with Crippen LogP contribution in [0.2, 0.25) is 0 Å². The fraction of sp³-hybridized carbons (Fsp3) is 0.143. The second-order valence-corrected chi connectivity index (χ2v) is 3.82. The summed E-state index contributed by atoms with van der Waals surface area (Å²) in [6.07, 6.45) is 0. The topological polar surface area (TPSA) is 90.8 Å². The van der Waals surface area contributed by atoms with Gasteiger partial charge in [-0.15, -0.1) is 5.20 Å². The van der Waals surface area contributed by atoms with Gasteiger partial charge in [0.2, 0.25) is 0 Å².